The molecule has 0 unspecified atom stereocenters. The van der Waals surface area contributed by atoms with Gasteiger partial charge in [0.2, 0.25) is 0 Å². The van der Waals surface area contributed by atoms with E-state index in [1.54, 1.807) is 0 Å². The van der Waals surface area contributed by atoms with Crippen LogP contribution in [0.1, 0.15) is 0 Å². The van der Waals surface area contributed by atoms with Crippen LogP contribution in [-0.4, -0.2) is 63.4 Å². The summed E-state index contributed by atoms with van der Waals surface area (Å²) in [5.74, 6) is 0. The summed E-state index contributed by atoms with van der Waals surface area (Å²) in [6, 6.07) is 0. The minimum absolute atomic E-state index is 0. The Bertz CT molecular complexity index is 110. The Morgan fingerprint density at radius 2 is 1.09 bits per heavy atom. The zero-order chi connectivity index (χ0) is 4.50. The van der Waals surface area contributed by atoms with Crippen molar-refractivity contribution in [3.05, 3.63) is 0 Å². The van der Waals surface area contributed by atoms with Crippen LogP contribution in [0.3, 0.4) is 0 Å². The second kappa shape index (κ2) is 23.0. The third-order valence-corrected chi connectivity index (χ3v) is 0. The van der Waals surface area contributed by atoms with Crippen molar-refractivity contribution in [1.29, 1.82) is 0 Å². The Balaban J connectivity index is -0.00000000533. The minimum Gasteiger partial charge on any atom is -0.412 e. The van der Waals surface area contributed by atoms with Crippen molar-refractivity contribution in [2.24, 2.45) is 0 Å². The fraction of sp³-hybridized carbons (Fsp3) is 0. The summed E-state index contributed by atoms with van der Waals surface area (Å²) in [5, 5.41) is 0. The van der Waals surface area contributed by atoms with Crippen molar-refractivity contribution in [3.8, 4) is 0 Å². The first-order valence-electron chi connectivity index (χ1n) is 0.698. The molecule has 0 saturated carbocycles. The van der Waals surface area contributed by atoms with Crippen molar-refractivity contribution < 1.29 is 73.9 Å². The molecule has 0 fully saturated rings. The average Bonchev–Trinajstić information content (AvgIpc) is 0.722. The number of hydrogen-bond acceptors (Lipinski definition) is 2. The largest absolute Gasteiger partial charge is 0.412 e. The molecule has 4 N–H and O–H groups in total. The van der Waals surface area contributed by atoms with E-state index < -0.39 is 10.4 Å². The first kappa shape index (κ1) is 49.3. The van der Waals surface area contributed by atoms with E-state index in [0.717, 1.165) is 0 Å². The molecule has 0 atom stereocenters. The normalized spacial score (nSPS) is 5.27. The molecule has 0 aliphatic carbocycles. The van der Waals surface area contributed by atoms with Gasteiger partial charge in [0.05, 0.1) is 0 Å². The molecule has 0 heterocycles. The topological polar surface area (TPSA) is 106 Å². The summed E-state index contributed by atoms with van der Waals surface area (Å²) >= 11 is 0. The van der Waals surface area contributed by atoms with Crippen LogP contribution in [0.15, 0.2) is 0 Å². The predicted molar refractivity (Wildman–Crippen MR) is 36.3 cm³/mol. The fourth-order valence-corrected chi connectivity index (χ4v) is 0. The van der Waals surface area contributed by atoms with E-state index in [9.17, 15) is 0 Å². The van der Waals surface area contributed by atoms with Crippen LogP contribution < -0.4 is 0 Å². The summed E-state index contributed by atoms with van der Waals surface area (Å²) in [5.41, 5.74) is 0. The second-order valence-corrected chi connectivity index (χ2v) is 1.34. The molecule has 0 bridgehead atoms. The molecular formula is H9AlCrFeMgNiO5S. The Morgan fingerprint density at radius 1 is 1.09 bits per heavy atom. The van der Waals surface area contributed by atoms with Gasteiger partial charge in [-0.05, 0) is 0 Å². The van der Waals surface area contributed by atoms with E-state index in [4.69, 9.17) is 17.5 Å². The molecule has 0 aliphatic rings. The molecule has 0 spiro atoms. The summed E-state index contributed by atoms with van der Waals surface area (Å²) in [6.45, 7) is 0. The van der Waals surface area contributed by atoms with Crippen LogP contribution in [0.5, 0.6) is 0 Å². The van der Waals surface area contributed by atoms with Crippen molar-refractivity contribution in [3.63, 3.8) is 0 Å². The van der Waals surface area contributed by atoms with Gasteiger partial charge in [-0.2, -0.15) is 8.42 Å². The molecule has 5 nitrogen and oxygen atoms in total. The molecule has 0 radical (unpaired) electrons. The molecule has 11 heavy (non-hydrogen) atoms. The van der Waals surface area contributed by atoms with E-state index in [1.165, 1.54) is 0 Å². The van der Waals surface area contributed by atoms with Crippen LogP contribution in [-0.2, 0) is 61.3 Å². The van der Waals surface area contributed by atoms with Crippen molar-refractivity contribution >= 4 is 50.8 Å². The maximum absolute atomic E-state index is 8.74. The van der Waals surface area contributed by atoms with E-state index in [-0.39, 0.29) is 96.8 Å². The van der Waals surface area contributed by atoms with Gasteiger partial charge in [0.25, 0.3) is 0 Å². The Morgan fingerprint density at radius 3 is 1.09 bits per heavy atom. The van der Waals surface area contributed by atoms with Gasteiger partial charge < -0.3 is 5.48 Å². The SMILES string of the molecule is O.O=S(=O)(O)O.[AlH3].[Cr].[Fe].[MgH2].[Ni]. The van der Waals surface area contributed by atoms with Gasteiger partial charge >= 0.3 is 33.5 Å². The standard InChI is InChI=1S/Al.Cr.Fe.Mg.Ni.H2O4S.H2O.5H/c;;;;;1-5(2,3)4;;;;;;/h;;;;;(H2,1,2,3,4);1H2;;;;;. The van der Waals surface area contributed by atoms with Gasteiger partial charge in [-0.25, -0.2) is 0 Å². The van der Waals surface area contributed by atoms with Crippen LogP contribution in [0.4, 0.5) is 0 Å². The van der Waals surface area contributed by atoms with Gasteiger partial charge in [-0.15, -0.1) is 0 Å². The maximum atomic E-state index is 8.74. The Kier molecular flexibility index (Phi) is 103. The molecule has 0 aromatic rings. The Labute approximate surface area is 123 Å². The molecule has 0 aromatic heterocycles. The van der Waals surface area contributed by atoms with Gasteiger partial charge in [-0.1, -0.05) is 0 Å². The molecule has 0 aromatic carbocycles. The molecule has 0 saturated heterocycles. The molecule has 0 aliphatic heterocycles. The first-order chi connectivity index (χ1) is 2.00. The van der Waals surface area contributed by atoms with E-state index in [0.29, 0.717) is 0 Å². The Hall–Kier alpha value is 2.67. The van der Waals surface area contributed by atoms with Gasteiger partial charge in [0.15, 0.2) is 17.4 Å². The molecule has 0 amide bonds. The van der Waals surface area contributed by atoms with Crippen molar-refractivity contribution in [1.82, 2.24) is 0 Å². The quantitative estimate of drug-likeness (QED) is 0.352. The molecular weight excluding hydrogens is 330 g/mol. The van der Waals surface area contributed by atoms with Crippen LogP contribution in [0.2, 0.25) is 0 Å². The molecule has 74 valence electrons. The van der Waals surface area contributed by atoms with Crippen LogP contribution >= 0.6 is 0 Å². The van der Waals surface area contributed by atoms with Crippen LogP contribution in [0.25, 0.3) is 0 Å². The van der Waals surface area contributed by atoms with Crippen molar-refractivity contribution in [2.45, 2.75) is 0 Å². The van der Waals surface area contributed by atoms with E-state index in [1.807, 2.05) is 0 Å². The smallest absolute Gasteiger partial charge is 0.394 e. The third kappa shape index (κ3) is 202. The minimum atomic E-state index is -4.67. The molecule has 0 rings (SSSR count). The van der Waals surface area contributed by atoms with Crippen molar-refractivity contribution in [2.75, 3.05) is 0 Å². The maximum Gasteiger partial charge on any atom is 0.394 e. The van der Waals surface area contributed by atoms with E-state index >= 15 is 0 Å². The van der Waals surface area contributed by atoms with Gasteiger partial charge in [-0.3, -0.25) is 9.11 Å². The zero-order valence-corrected chi connectivity index (χ0v) is 7.88. The monoisotopic (exact) mass is 338 g/mol. The summed E-state index contributed by atoms with van der Waals surface area (Å²) in [7, 11) is -4.67. The third-order valence-electron chi connectivity index (χ3n) is 0. The summed E-state index contributed by atoms with van der Waals surface area (Å²) in [6.07, 6.45) is 0. The number of hydrogen-bond donors (Lipinski definition) is 2. The van der Waals surface area contributed by atoms with Gasteiger partial charge in [0, 0.05) is 50.9 Å². The fourth-order valence-electron chi connectivity index (χ4n) is 0. The second-order valence-electron chi connectivity index (χ2n) is 0.448. The zero-order valence-electron chi connectivity index (χ0n) is 3.70. The molecule has 11 heteroatoms. The van der Waals surface area contributed by atoms with E-state index in [2.05, 4.69) is 0 Å². The first-order valence-corrected chi connectivity index (χ1v) is 2.10. The van der Waals surface area contributed by atoms with Gasteiger partial charge in [0.1, 0.15) is 0 Å². The summed E-state index contributed by atoms with van der Waals surface area (Å²) in [4.78, 5) is 0. The average molecular weight is 339 g/mol. The predicted octanol–water partition coefficient (Wildman–Crippen LogP) is -3.59. The van der Waals surface area contributed by atoms with Crippen LogP contribution in [0, 0.1) is 0 Å². The summed E-state index contributed by atoms with van der Waals surface area (Å²) < 4.78 is 31.6. The number of rotatable bonds is 0.